The molecule has 24 heavy (non-hydrogen) atoms. The zero-order chi connectivity index (χ0) is 17.5. The Labute approximate surface area is 145 Å². The number of amides is 1. The van der Waals surface area contributed by atoms with E-state index in [-0.39, 0.29) is 5.56 Å². The summed E-state index contributed by atoms with van der Waals surface area (Å²) in [4.78, 5) is 24.0. The lowest BCUT2D eigenvalue weighted by Crippen LogP contribution is -2.21. The van der Waals surface area contributed by atoms with Gasteiger partial charge in [0.2, 0.25) is 0 Å². The fourth-order valence-corrected chi connectivity index (χ4v) is 2.17. The molecule has 5 nitrogen and oxygen atoms in total. The molecular weight excluding hydrogens is 330 g/mol. The number of benzene rings is 2. The van der Waals surface area contributed by atoms with Crippen molar-refractivity contribution >= 4 is 29.2 Å². The second-order valence-corrected chi connectivity index (χ2v) is 5.42. The van der Waals surface area contributed by atoms with Crippen LogP contribution in [0.4, 0.5) is 5.69 Å². The molecule has 0 aliphatic rings. The van der Waals surface area contributed by atoms with Crippen molar-refractivity contribution in [2.24, 2.45) is 0 Å². The van der Waals surface area contributed by atoms with Crippen molar-refractivity contribution in [3.05, 3.63) is 58.6 Å². The van der Waals surface area contributed by atoms with Gasteiger partial charge in [0.1, 0.15) is 11.3 Å². The summed E-state index contributed by atoms with van der Waals surface area (Å²) in [7, 11) is 0. The van der Waals surface area contributed by atoms with Crippen LogP contribution in [0.25, 0.3) is 0 Å². The van der Waals surface area contributed by atoms with Crippen molar-refractivity contribution in [1.82, 2.24) is 0 Å². The molecule has 6 heteroatoms. The molecule has 0 radical (unpaired) electrons. The minimum absolute atomic E-state index is 0.283. The maximum Gasteiger partial charge on any atom is 0.342 e. The third kappa shape index (κ3) is 4.73. The molecule has 0 aromatic heterocycles. The molecule has 0 bridgehead atoms. The minimum atomic E-state index is -0.615. The van der Waals surface area contributed by atoms with Crippen LogP contribution < -0.4 is 10.1 Å². The largest absolute Gasteiger partial charge is 0.493 e. The number of para-hydroxylation sites is 1. The van der Waals surface area contributed by atoms with Crippen LogP contribution >= 0.6 is 11.6 Å². The predicted octanol–water partition coefficient (Wildman–Crippen LogP) is 3.84. The van der Waals surface area contributed by atoms with Crippen LogP contribution in [-0.4, -0.2) is 25.1 Å². The fraction of sp³-hybridized carbons (Fsp3) is 0.222. The average molecular weight is 348 g/mol. The van der Waals surface area contributed by atoms with Gasteiger partial charge in [0.05, 0.1) is 6.61 Å². The van der Waals surface area contributed by atoms with Crippen molar-refractivity contribution < 1.29 is 19.1 Å². The van der Waals surface area contributed by atoms with Crippen LogP contribution in [-0.2, 0) is 9.53 Å². The molecule has 0 saturated heterocycles. The van der Waals surface area contributed by atoms with Gasteiger partial charge in [0.15, 0.2) is 6.61 Å². The molecule has 2 aromatic carbocycles. The SMILES string of the molecule is CCOc1ccccc1C(=O)OCC(=O)Nc1ccc(C)c(Cl)c1. The van der Waals surface area contributed by atoms with Gasteiger partial charge in [-0.25, -0.2) is 4.79 Å². The number of anilines is 1. The molecule has 126 valence electrons. The van der Waals surface area contributed by atoms with E-state index in [4.69, 9.17) is 21.1 Å². The van der Waals surface area contributed by atoms with E-state index < -0.39 is 18.5 Å². The summed E-state index contributed by atoms with van der Waals surface area (Å²) in [6, 6.07) is 11.9. The Morgan fingerprint density at radius 2 is 1.92 bits per heavy atom. The van der Waals surface area contributed by atoms with Gasteiger partial charge < -0.3 is 14.8 Å². The second-order valence-electron chi connectivity index (χ2n) is 5.02. The summed E-state index contributed by atoms with van der Waals surface area (Å²) in [5, 5.41) is 3.18. The van der Waals surface area contributed by atoms with Crippen molar-refractivity contribution in [2.75, 3.05) is 18.5 Å². The van der Waals surface area contributed by atoms with Gasteiger partial charge in [0.25, 0.3) is 5.91 Å². The average Bonchev–Trinajstić information content (AvgIpc) is 2.57. The van der Waals surface area contributed by atoms with E-state index in [1.165, 1.54) is 0 Å². The first kappa shape index (κ1) is 17.8. The molecule has 1 N–H and O–H groups in total. The van der Waals surface area contributed by atoms with Crippen LogP contribution in [0.1, 0.15) is 22.8 Å². The molecule has 0 saturated carbocycles. The zero-order valence-electron chi connectivity index (χ0n) is 13.5. The number of carbonyl (C=O) groups excluding carboxylic acids is 2. The number of halogens is 1. The fourth-order valence-electron chi connectivity index (χ4n) is 1.99. The summed E-state index contributed by atoms with van der Waals surface area (Å²) in [6.07, 6.45) is 0. The highest BCUT2D eigenvalue weighted by atomic mass is 35.5. The van der Waals surface area contributed by atoms with Gasteiger partial charge >= 0.3 is 5.97 Å². The second kappa shape index (κ2) is 8.36. The summed E-state index contributed by atoms with van der Waals surface area (Å²) >= 11 is 6.00. The molecular formula is C18H18ClNO4. The molecule has 0 heterocycles. The Kier molecular flexibility index (Phi) is 6.21. The molecule has 0 aliphatic carbocycles. The zero-order valence-corrected chi connectivity index (χ0v) is 14.2. The Bertz CT molecular complexity index is 746. The summed E-state index contributed by atoms with van der Waals surface area (Å²) < 4.78 is 10.4. The van der Waals surface area contributed by atoms with Crippen LogP contribution in [0.15, 0.2) is 42.5 Å². The van der Waals surface area contributed by atoms with E-state index >= 15 is 0 Å². The van der Waals surface area contributed by atoms with E-state index in [0.717, 1.165) is 5.56 Å². The molecule has 0 atom stereocenters. The van der Waals surface area contributed by atoms with Gasteiger partial charge in [-0.2, -0.15) is 0 Å². The normalized spacial score (nSPS) is 10.1. The predicted molar refractivity (Wildman–Crippen MR) is 92.7 cm³/mol. The third-order valence-electron chi connectivity index (χ3n) is 3.20. The van der Waals surface area contributed by atoms with Gasteiger partial charge in [-0.1, -0.05) is 29.8 Å². The van der Waals surface area contributed by atoms with Gasteiger partial charge in [-0.3, -0.25) is 4.79 Å². The number of nitrogens with one attached hydrogen (secondary N) is 1. The van der Waals surface area contributed by atoms with Gasteiger partial charge in [-0.05, 0) is 43.7 Å². The van der Waals surface area contributed by atoms with Crippen molar-refractivity contribution in [1.29, 1.82) is 0 Å². The number of rotatable bonds is 6. The number of hydrogen-bond acceptors (Lipinski definition) is 4. The minimum Gasteiger partial charge on any atom is -0.493 e. The molecule has 1 amide bonds. The first-order valence-corrected chi connectivity index (χ1v) is 7.84. The van der Waals surface area contributed by atoms with Gasteiger partial charge in [0, 0.05) is 10.7 Å². The van der Waals surface area contributed by atoms with E-state index in [9.17, 15) is 9.59 Å². The Hall–Kier alpha value is -2.53. The van der Waals surface area contributed by atoms with Crippen LogP contribution in [0.3, 0.4) is 0 Å². The standard InChI is InChI=1S/C18H18ClNO4/c1-3-23-16-7-5-4-6-14(16)18(22)24-11-17(21)20-13-9-8-12(2)15(19)10-13/h4-10H,3,11H2,1-2H3,(H,20,21). The van der Waals surface area contributed by atoms with Crippen molar-refractivity contribution in [3.63, 3.8) is 0 Å². The van der Waals surface area contributed by atoms with Crippen LogP contribution in [0.2, 0.25) is 5.02 Å². The highest BCUT2D eigenvalue weighted by Gasteiger charge is 2.15. The summed E-state index contributed by atoms with van der Waals surface area (Å²) in [5.41, 5.74) is 1.74. The molecule has 0 aliphatic heterocycles. The summed E-state index contributed by atoms with van der Waals surface area (Å²) in [5.74, 6) is -0.635. The lowest BCUT2D eigenvalue weighted by molar-refractivity contribution is -0.119. The van der Waals surface area contributed by atoms with Crippen LogP contribution in [0.5, 0.6) is 5.75 Å². The topological polar surface area (TPSA) is 64.6 Å². The first-order chi connectivity index (χ1) is 11.5. The molecule has 0 unspecified atom stereocenters. The third-order valence-corrected chi connectivity index (χ3v) is 3.60. The Morgan fingerprint density at radius 3 is 2.62 bits per heavy atom. The highest BCUT2D eigenvalue weighted by molar-refractivity contribution is 6.31. The highest BCUT2D eigenvalue weighted by Crippen LogP contribution is 2.20. The smallest absolute Gasteiger partial charge is 0.342 e. The maximum atomic E-state index is 12.1. The molecule has 2 rings (SSSR count). The van der Waals surface area contributed by atoms with Crippen molar-refractivity contribution in [3.8, 4) is 5.75 Å². The number of ether oxygens (including phenoxy) is 2. The number of hydrogen-bond donors (Lipinski definition) is 1. The molecule has 2 aromatic rings. The molecule has 0 fully saturated rings. The quantitative estimate of drug-likeness (QED) is 0.806. The van der Waals surface area contributed by atoms with Crippen molar-refractivity contribution in [2.45, 2.75) is 13.8 Å². The van der Waals surface area contributed by atoms with Crippen LogP contribution in [0, 0.1) is 6.92 Å². The summed E-state index contributed by atoms with van der Waals surface area (Å²) in [6.45, 7) is 3.72. The molecule has 0 spiro atoms. The lowest BCUT2D eigenvalue weighted by Gasteiger charge is -2.10. The number of esters is 1. The Balaban J connectivity index is 1.94. The number of carbonyl (C=O) groups is 2. The van der Waals surface area contributed by atoms with E-state index in [1.54, 1.807) is 42.5 Å². The Morgan fingerprint density at radius 1 is 1.17 bits per heavy atom. The first-order valence-electron chi connectivity index (χ1n) is 7.46. The maximum absolute atomic E-state index is 12.1. The van der Waals surface area contributed by atoms with Gasteiger partial charge in [-0.15, -0.1) is 0 Å². The van der Waals surface area contributed by atoms with E-state index in [2.05, 4.69) is 5.32 Å². The monoisotopic (exact) mass is 347 g/mol. The van der Waals surface area contributed by atoms with E-state index in [1.807, 2.05) is 13.8 Å². The number of aryl methyl sites for hydroxylation is 1. The van der Waals surface area contributed by atoms with E-state index in [0.29, 0.717) is 23.1 Å². The lowest BCUT2D eigenvalue weighted by atomic mass is 10.2.